The van der Waals surface area contributed by atoms with Crippen LogP contribution in [0.2, 0.25) is 0 Å². The van der Waals surface area contributed by atoms with Crippen molar-refractivity contribution in [1.82, 2.24) is 14.6 Å². The predicted octanol–water partition coefficient (Wildman–Crippen LogP) is 2.00. The van der Waals surface area contributed by atoms with Crippen molar-refractivity contribution in [2.45, 2.75) is 29.8 Å². The van der Waals surface area contributed by atoms with Crippen molar-refractivity contribution < 1.29 is 13.5 Å². The molecule has 0 bridgehead atoms. The molecule has 2 aliphatic rings. The highest BCUT2D eigenvalue weighted by atomic mass is 32.3. The fraction of sp³-hybridized carbons (Fsp3) is 0.389. The second-order valence-corrected chi connectivity index (χ2v) is 8.41. The van der Waals surface area contributed by atoms with E-state index >= 15 is 0 Å². The van der Waals surface area contributed by atoms with Gasteiger partial charge in [0.25, 0.3) is 0 Å². The van der Waals surface area contributed by atoms with Crippen LogP contribution in [-0.4, -0.2) is 39.7 Å². The highest BCUT2D eigenvalue weighted by Gasteiger charge is 2.45. The van der Waals surface area contributed by atoms with Gasteiger partial charge in [0.15, 0.2) is 16.1 Å². The molecule has 7 heteroatoms. The Bertz CT molecular complexity index is 791. The molecule has 0 aliphatic carbocycles. The topological polar surface area (TPSA) is 77.5 Å². The summed E-state index contributed by atoms with van der Waals surface area (Å²) in [7, 11) is -3.57. The summed E-state index contributed by atoms with van der Waals surface area (Å²) in [5.74, 6) is 0.435. The standard InChI is InChI=1S/C18H21N3O3S/c22-25(23)17-6-2-1-5-16(17)24-14-18(20-25)7-10-21(11-8-18)13-15-4-3-9-19-12-15/h1-6,9,12H,7-8,10-11,13-14H2,(H-,20,22,23). The van der Waals surface area contributed by atoms with E-state index in [1.54, 1.807) is 30.5 Å². The first-order valence-electron chi connectivity index (χ1n) is 8.44. The van der Waals surface area contributed by atoms with Crippen LogP contribution in [0.3, 0.4) is 0 Å². The minimum atomic E-state index is -3.57. The van der Waals surface area contributed by atoms with E-state index in [-0.39, 0.29) is 4.90 Å². The fourth-order valence-corrected chi connectivity index (χ4v) is 5.10. The van der Waals surface area contributed by atoms with Crippen LogP contribution in [0.5, 0.6) is 5.75 Å². The van der Waals surface area contributed by atoms with Crippen LogP contribution >= 0.6 is 0 Å². The summed E-state index contributed by atoms with van der Waals surface area (Å²) in [6.07, 6.45) is 5.09. The average Bonchev–Trinajstić information content (AvgIpc) is 2.73. The first-order valence-corrected chi connectivity index (χ1v) is 9.92. The molecule has 132 valence electrons. The number of para-hydroxylation sites is 1. The number of nitrogens with one attached hydrogen (secondary N) is 1. The number of aromatic nitrogens is 1. The van der Waals surface area contributed by atoms with E-state index < -0.39 is 15.9 Å². The van der Waals surface area contributed by atoms with Gasteiger partial charge < -0.3 is 9.29 Å². The maximum absolute atomic E-state index is 12.7. The number of likely N-dealkylation sites (tertiary alicyclic amines) is 1. The second kappa shape index (κ2) is 6.49. The summed E-state index contributed by atoms with van der Waals surface area (Å²) < 4.78 is 34.2. The predicted molar refractivity (Wildman–Crippen MR) is 93.6 cm³/mol. The molecule has 1 unspecified atom stereocenters. The molecule has 2 aromatic rings. The summed E-state index contributed by atoms with van der Waals surface area (Å²) in [6.45, 7) is 2.83. The van der Waals surface area contributed by atoms with Crippen molar-refractivity contribution in [3.8, 4) is 5.75 Å². The summed E-state index contributed by atoms with van der Waals surface area (Å²) in [4.78, 5) is 6.70. The van der Waals surface area contributed by atoms with E-state index in [2.05, 4.69) is 20.7 Å². The monoisotopic (exact) mass is 359 g/mol. The number of benzene rings is 1. The normalized spacial score (nSPS) is 25.8. The lowest BCUT2D eigenvalue weighted by atomic mass is 9.89. The SMILES string of the molecule is O=[S+]1([O-])NC2(CCN(Cc3cccnc3)CC2)COc2ccccc21. The molecule has 1 saturated heterocycles. The summed E-state index contributed by atoms with van der Waals surface area (Å²) >= 11 is 0. The van der Waals surface area contributed by atoms with Gasteiger partial charge in [-0.25, -0.2) is 0 Å². The number of hydrogen-bond donors (Lipinski definition) is 1. The minimum absolute atomic E-state index is 0.227. The molecule has 1 N–H and O–H groups in total. The number of rotatable bonds is 2. The van der Waals surface area contributed by atoms with E-state index in [0.29, 0.717) is 12.4 Å². The van der Waals surface area contributed by atoms with Crippen LogP contribution in [0, 0.1) is 0 Å². The number of sulfonamides is 1. The summed E-state index contributed by atoms with van der Waals surface area (Å²) in [6, 6.07) is 10.8. The number of pyridine rings is 1. The largest absolute Gasteiger partial charge is 0.593 e. The van der Waals surface area contributed by atoms with Gasteiger partial charge in [-0.15, -0.1) is 4.72 Å². The summed E-state index contributed by atoms with van der Waals surface area (Å²) in [5, 5.41) is 0. The third kappa shape index (κ3) is 3.46. The maximum atomic E-state index is 12.7. The van der Waals surface area contributed by atoms with Crippen molar-refractivity contribution in [1.29, 1.82) is 0 Å². The molecule has 0 saturated carbocycles. The number of fused-ring (bicyclic) bond motifs is 1. The van der Waals surface area contributed by atoms with Crippen molar-refractivity contribution in [2.24, 2.45) is 0 Å². The molecular weight excluding hydrogens is 338 g/mol. The van der Waals surface area contributed by atoms with Crippen molar-refractivity contribution in [3.63, 3.8) is 0 Å². The van der Waals surface area contributed by atoms with Gasteiger partial charge in [-0.1, -0.05) is 22.4 Å². The Kier molecular flexibility index (Phi) is 4.33. The molecule has 3 heterocycles. The number of piperidine rings is 1. The molecule has 6 nitrogen and oxygen atoms in total. The lowest BCUT2D eigenvalue weighted by molar-refractivity contribution is 0.102. The third-order valence-electron chi connectivity index (χ3n) is 4.94. The Labute approximate surface area is 148 Å². The van der Waals surface area contributed by atoms with Crippen LogP contribution in [0.25, 0.3) is 0 Å². The summed E-state index contributed by atoms with van der Waals surface area (Å²) in [5.41, 5.74) is 0.632. The number of nitrogens with zero attached hydrogens (tertiary/aromatic N) is 2. The maximum Gasteiger partial charge on any atom is 0.216 e. The Balaban J connectivity index is 1.47. The zero-order chi connectivity index (χ0) is 17.3. The third-order valence-corrected chi connectivity index (χ3v) is 6.55. The first kappa shape index (κ1) is 16.7. The van der Waals surface area contributed by atoms with Gasteiger partial charge in [-0.05, 0) is 36.6 Å². The second-order valence-electron chi connectivity index (χ2n) is 6.76. The fourth-order valence-electron chi connectivity index (χ4n) is 3.51. The molecule has 1 fully saturated rings. The zero-order valence-electron chi connectivity index (χ0n) is 13.9. The molecule has 2 aliphatic heterocycles. The molecule has 1 atom stereocenters. The quantitative estimate of drug-likeness (QED) is 0.830. The Morgan fingerprint density at radius 1 is 1.24 bits per heavy atom. The van der Waals surface area contributed by atoms with Crippen LogP contribution in [0.15, 0.2) is 53.7 Å². The van der Waals surface area contributed by atoms with Gasteiger partial charge in [-0.3, -0.25) is 9.88 Å². The van der Waals surface area contributed by atoms with E-state index in [1.165, 1.54) is 5.56 Å². The van der Waals surface area contributed by atoms with Gasteiger partial charge in [0, 0.05) is 32.0 Å². The lowest BCUT2D eigenvalue weighted by Crippen LogP contribution is -2.58. The van der Waals surface area contributed by atoms with Gasteiger partial charge >= 0.3 is 0 Å². The molecule has 1 aromatic carbocycles. The van der Waals surface area contributed by atoms with E-state index in [1.807, 2.05) is 12.3 Å². The Morgan fingerprint density at radius 3 is 2.80 bits per heavy atom. The van der Waals surface area contributed by atoms with Crippen molar-refractivity contribution in [2.75, 3.05) is 19.7 Å². The van der Waals surface area contributed by atoms with E-state index in [0.717, 1.165) is 32.5 Å². The Hall–Kier alpha value is -1.80. The zero-order valence-corrected chi connectivity index (χ0v) is 14.7. The van der Waals surface area contributed by atoms with Crippen LogP contribution < -0.4 is 9.46 Å². The highest BCUT2D eigenvalue weighted by molar-refractivity contribution is 7.96. The van der Waals surface area contributed by atoms with Crippen LogP contribution in [0.1, 0.15) is 18.4 Å². The average molecular weight is 359 g/mol. The smallest absolute Gasteiger partial charge is 0.216 e. The number of ether oxygens (including phenoxy) is 1. The Morgan fingerprint density at radius 2 is 2.04 bits per heavy atom. The molecule has 1 spiro atoms. The molecular formula is C18H21N3O3S. The molecule has 25 heavy (non-hydrogen) atoms. The van der Waals surface area contributed by atoms with Gasteiger partial charge in [0.2, 0.25) is 4.90 Å². The van der Waals surface area contributed by atoms with E-state index in [9.17, 15) is 8.76 Å². The molecule has 0 radical (unpaired) electrons. The minimum Gasteiger partial charge on any atom is -0.593 e. The number of hydrogen-bond acceptors (Lipinski definition) is 5. The van der Waals surface area contributed by atoms with Crippen molar-refractivity contribution >= 4 is 10.4 Å². The van der Waals surface area contributed by atoms with Crippen LogP contribution in [0.4, 0.5) is 0 Å². The first-order chi connectivity index (χ1) is 12.1. The van der Waals surface area contributed by atoms with Gasteiger partial charge in [0.05, 0.1) is 5.54 Å². The van der Waals surface area contributed by atoms with Crippen LogP contribution in [-0.2, 0) is 21.2 Å². The molecule has 1 aromatic heterocycles. The van der Waals surface area contributed by atoms with Gasteiger partial charge in [-0.2, -0.15) is 0 Å². The van der Waals surface area contributed by atoms with Crippen molar-refractivity contribution in [3.05, 3.63) is 54.4 Å². The highest BCUT2D eigenvalue weighted by Crippen LogP contribution is 2.35. The molecule has 0 amide bonds. The lowest BCUT2D eigenvalue weighted by Gasteiger charge is -2.40. The van der Waals surface area contributed by atoms with Gasteiger partial charge in [0.1, 0.15) is 6.61 Å². The van der Waals surface area contributed by atoms with E-state index in [4.69, 9.17) is 4.74 Å². The molecule has 4 rings (SSSR count).